The number of hydrogen-bond donors (Lipinski definition) is 1. The Balaban J connectivity index is 2.69. The van der Waals surface area contributed by atoms with Gasteiger partial charge in [-0.05, 0) is 37.3 Å². The second-order valence-electron chi connectivity index (χ2n) is 4.51. The number of methoxy groups -OCH3 is 1. The predicted molar refractivity (Wildman–Crippen MR) is 68.0 cm³/mol. The maximum Gasteiger partial charge on any atom is 0.133 e. The second kappa shape index (κ2) is 5.17. The molecule has 0 saturated heterocycles. The number of benzene rings is 2. The lowest BCUT2D eigenvalue weighted by Crippen LogP contribution is -2.26. The van der Waals surface area contributed by atoms with Crippen molar-refractivity contribution in [3.63, 3.8) is 0 Å². The van der Waals surface area contributed by atoms with Crippen molar-refractivity contribution in [3.8, 4) is 5.75 Å². The van der Waals surface area contributed by atoms with E-state index in [2.05, 4.69) is 0 Å². The largest absolute Gasteiger partial charge is 0.496 e. The molecule has 2 aromatic carbocycles. The van der Waals surface area contributed by atoms with Crippen LogP contribution in [0.4, 0.5) is 13.2 Å². The molecule has 0 aliphatic carbocycles. The molecule has 1 atom stereocenters. The van der Waals surface area contributed by atoms with Crippen molar-refractivity contribution >= 4 is 0 Å². The first-order valence-corrected chi connectivity index (χ1v) is 5.88. The number of ether oxygens (including phenoxy) is 1. The molecule has 20 heavy (non-hydrogen) atoms. The van der Waals surface area contributed by atoms with E-state index in [0.29, 0.717) is 0 Å². The van der Waals surface area contributed by atoms with Crippen molar-refractivity contribution in [2.45, 2.75) is 12.5 Å². The Labute approximate surface area is 114 Å². The molecule has 2 rings (SSSR count). The van der Waals surface area contributed by atoms with Gasteiger partial charge in [-0.1, -0.05) is 6.07 Å². The molecule has 0 spiro atoms. The van der Waals surface area contributed by atoms with Crippen LogP contribution in [0.25, 0.3) is 0 Å². The van der Waals surface area contributed by atoms with Crippen LogP contribution in [0.1, 0.15) is 18.1 Å². The zero-order valence-corrected chi connectivity index (χ0v) is 11.0. The lowest BCUT2D eigenvalue weighted by atomic mass is 9.86. The SMILES string of the molecule is COc1cccc(F)c1C(C)(O)c1cc(F)ccc1F. The molecule has 1 N–H and O–H groups in total. The van der Waals surface area contributed by atoms with E-state index in [1.807, 2.05) is 0 Å². The minimum atomic E-state index is -2.07. The predicted octanol–water partition coefficient (Wildman–Crippen LogP) is 3.37. The molecule has 0 bridgehead atoms. The standard InChI is InChI=1S/C15H13F3O2/c1-15(19,10-8-9(16)6-7-11(10)17)14-12(18)4-3-5-13(14)20-2/h3-8,19H,1-2H3. The van der Waals surface area contributed by atoms with Gasteiger partial charge in [0.2, 0.25) is 0 Å². The van der Waals surface area contributed by atoms with Crippen LogP contribution in [0.3, 0.4) is 0 Å². The molecule has 0 aromatic heterocycles. The van der Waals surface area contributed by atoms with Crippen molar-refractivity contribution in [1.82, 2.24) is 0 Å². The number of hydrogen-bond acceptors (Lipinski definition) is 2. The van der Waals surface area contributed by atoms with Crippen molar-refractivity contribution in [1.29, 1.82) is 0 Å². The van der Waals surface area contributed by atoms with Gasteiger partial charge in [0.05, 0.1) is 12.7 Å². The van der Waals surface area contributed by atoms with E-state index >= 15 is 0 Å². The van der Waals surface area contributed by atoms with Crippen LogP contribution in [-0.4, -0.2) is 12.2 Å². The van der Waals surface area contributed by atoms with Gasteiger partial charge in [-0.15, -0.1) is 0 Å². The summed E-state index contributed by atoms with van der Waals surface area (Å²) in [5.41, 5.74) is -2.67. The zero-order valence-electron chi connectivity index (χ0n) is 11.0. The van der Waals surface area contributed by atoms with Crippen LogP contribution in [-0.2, 0) is 5.60 Å². The topological polar surface area (TPSA) is 29.5 Å². The monoisotopic (exact) mass is 282 g/mol. The first kappa shape index (κ1) is 14.4. The van der Waals surface area contributed by atoms with Crippen molar-refractivity contribution in [2.24, 2.45) is 0 Å². The van der Waals surface area contributed by atoms with E-state index < -0.39 is 23.1 Å². The first-order chi connectivity index (χ1) is 9.37. The Hall–Kier alpha value is -2.01. The average Bonchev–Trinajstić information content (AvgIpc) is 2.40. The highest BCUT2D eigenvalue weighted by Gasteiger charge is 2.35. The van der Waals surface area contributed by atoms with Crippen LogP contribution in [0, 0.1) is 17.5 Å². The quantitative estimate of drug-likeness (QED) is 0.935. The summed E-state index contributed by atoms with van der Waals surface area (Å²) < 4.78 is 46.1. The van der Waals surface area contributed by atoms with Gasteiger partial charge in [0.1, 0.15) is 28.8 Å². The third kappa shape index (κ3) is 2.36. The summed E-state index contributed by atoms with van der Waals surface area (Å²) in [6.45, 7) is 1.19. The Bertz CT molecular complexity index is 639. The number of rotatable bonds is 3. The minimum Gasteiger partial charge on any atom is -0.496 e. The Morgan fingerprint density at radius 3 is 2.40 bits per heavy atom. The van der Waals surface area contributed by atoms with E-state index in [9.17, 15) is 18.3 Å². The Morgan fingerprint density at radius 2 is 1.75 bits per heavy atom. The van der Waals surface area contributed by atoms with Crippen LogP contribution >= 0.6 is 0 Å². The van der Waals surface area contributed by atoms with E-state index in [-0.39, 0.29) is 16.9 Å². The smallest absolute Gasteiger partial charge is 0.133 e. The second-order valence-corrected chi connectivity index (χ2v) is 4.51. The highest BCUT2D eigenvalue weighted by Crippen LogP contribution is 2.38. The Kier molecular flexibility index (Phi) is 3.72. The third-order valence-corrected chi connectivity index (χ3v) is 3.13. The fourth-order valence-corrected chi connectivity index (χ4v) is 2.15. The summed E-state index contributed by atoms with van der Waals surface area (Å²) >= 11 is 0. The normalized spacial score (nSPS) is 13.9. The molecule has 1 unspecified atom stereocenters. The van der Waals surface area contributed by atoms with Gasteiger partial charge < -0.3 is 9.84 Å². The van der Waals surface area contributed by atoms with Gasteiger partial charge in [0, 0.05) is 5.56 Å². The molecule has 106 valence electrons. The summed E-state index contributed by atoms with van der Waals surface area (Å²) in [6, 6.07) is 6.59. The number of halogens is 3. The highest BCUT2D eigenvalue weighted by atomic mass is 19.1. The van der Waals surface area contributed by atoms with Gasteiger partial charge in [-0.2, -0.15) is 0 Å². The van der Waals surface area contributed by atoms with Crippen LogP contribution in [0.15, 0.2) is 36.4 Å². The molecule has 5 heteroatoms. The maximum absolute atomic E-state index is 14.0. The maximum atomic E-state index is 14.0. The first-order valence-electron chi connectivity index (χ1n) is 5.88. The lowest BCUT2D eigenvalue weighted by Gasteiger charge is -2.27. The van der Waals surface area contributed by atoms with Gasteiger partial charge in [0.25, 0.3) is 0 Å². The summed E-state index contributed by atoms with van der Waals surface area (Å²) in [7, 11) is 1.30. The molecule has 0 saturated carbocycles. The van der Waals surface area contributed by atoms with Gasteiger partial charge in [0.15, 0.2) is 0 Å². The number of aliphatic hydroxyl groups is 1. The fraction of sp³-hybridized carbons (Fsp3) is 0.200. The molecule has 0 aliphatic rings. The molecular formula is C15H13F3O2. The van der Waals surface area contributed by atoms with E-state index in [1.54, 1.807) is 0 Å². The van der Waals surface area contributed by atoms with E-state index in [4.69, 9.17) is 4.74 Å². The molecule has 2 nitrogen and oxygen atoms in total. The van der Waals surface area contributed by atoms with Crippen molar-refractivity contribution in [3.05, 3.63) is 65.0 Å². The molecule has 0 fully saturated rings. The zero-order chi connectivity index (χ0) is 14.9. The molecular weight excluding hydrogens is 269 g/mol. The van der Waals surface area contributed by atoms with Gasteiger partial charge in [-0.3, -0.25) is 0 Å². The summed E-state index contributed by atoms with van der Waals surface area (Å²) in [6.07, 6.45) is 0. The van der Waals surface area contributed by atoms with Crippen LogP contribution < -0.4 is 4.74 Å². The summed E-state index contributed by atoms with van der Waals surface area (Å²) in [5.74, 6) is -2.27. The van der Waals surface area contributed by atoms with Crippen molar-refractivity contribution in [2.75, 3.05) is 7.11 Å². The summed E-state index contributed by atoms with van der Waals surface area (Å²) in [4.78, 5) is 0. The fourth-order valence-electron chi connectivity index (χ4n) is 2.15. The molecule has 0 radical (unpaired) electrons. The van der Waals surface area contributed by atoms with Gasteiger partial charge >= 0.3 is 0 Å². The minimum absolute atomic E-state index is 0.0543. The highest BCUT2D eigenvalue weighted by molar-refractivity contribution is 5.45. The van der Waals surface area contributed by atoms with E-state index in [0.717, 1.165) is 24.3 Å². The molecule has 0 amide bonds. The summed E-state index contributed by atoms with van der Waals surface area (Å²) in [5, 5.41) is 10.5. The molecule has 0 aliphatic heterocycles. The Morgan fingerprint density at radius 1 is 1.05 bits per heavy atom. The molecule has 0 heterocycles. The van der Waals surface area contributed by atoms with E-state index in [1.165, 1.54) is 26.2 Å². The van der Waals surface area contributed by atoms with Gasteiger partial charge in [-0.25, -0.2) is 13.2 Å². The lowest BCUT2D eigenvalue weighted by molar-refractivity contribution is 0.0900. The van der Waals surface area contributed by atoms with Crippen LogP contribution in [0.2, 0.25) is 0 Å². The molecule has 2 aromatic rings. The average molecular weight is 282 g/mol. The van der Waals surface area contributed by atoms with Crippen molar-refractivity contribution < 1.29 is 23.0 Å². The third-order valence-electron chi connectivity index (χ3n) is 3.13. The van der Waals surface area contributed by atoms with Crippen LogP contribution in [0.5, 0.6) is 5.75 Å².